The van der Waals surface area contributed by atoms with Gasteiger partial charge < -0.3 is 9.80 Å². The van der Waals surface area contributed by atoms with Gasteiger partial charge in [0.15, 0.2) is 0 Å². The maximum Gasteiger partial charge on any atom is 0.244 e. The number of carbonyl (C=O) groups is 1. The molecule has 0 aromatic carbocycles. The van der Waals surface area contributed by atoms with Crippen LogP contribution in [0.4, 0.5) is 5.82 Å². The Hall–Kier alpha value is -1.62. The van der Waals surface area contributed by atoms with Crippen molar-refractivity contribution in [3.63, 3.8) is 0 Å². The molecule has 5 heteroatoms. The van der Waals surface area contributed by atoms with Gasteiger partial charge in [0.05, 0.1) is 5.54 Å². The molecular formula is C20H28N4O. The van der Waals surface area contributed by atoms with Gasteiger partial charge in [-0.05, 0) is 50.5 Å². The molecule has 1 aromatic rings. The third kappa shape index (κ3) is 2.73. The number of nitrogens with one attached hydrogen (secondary N) is 1. The number of carbonyl (C=O) groups excluding carboxylic acids is 1. The molecule has 2 aliphatic carbocycles. The predicted octanol–water partition coefficient (Wildman–Crippen LogP) is 2.84. The zero-order valence-electron chi connectivity index (χ0n) is 14.9. The second kappa shape index (κ2) is 5.97. The van der Waals surface area contributed by atoms with Gasteiger partial charge in [-0.1, -0.05) is 18.9 Å². The Morgan fingerprint density at radius 2 is 1.88 bits per heavy atom. The summed E-state index contributed by atoms with van der Waals surface area (Å²) in [5, 5.41) is 3.73. The number of pyridine rings is 1. The average molecular weight is 340 g/mol. The first kappa shape index (κ1) is 15.6. The average Bonchev–Trinajstić information content (AvgIpc) is 3.04. The summed E-state index contributed by atoms with van der Waals surface area (Å²) in [5.41, 5.74) is 0.841. The van der Waals surface area contributed by atoms with Crippen LogP contribution >= 0.6 is 0 Å². The molecule has 1 atom stereocenters. The third-order valence-electron chi connectivity index (χ3n) is 6.52. The van der Waals surface area contributed by atoms with Crippen molar-refractivity contribution in [3.8, 4) is 0 Å². The van der Waals surface area contributed by atoms with Gasteiger partial charge in [-0.3, -0.25) is 10.1 Å². The van der Waals surface area contributed by atoms with E-state index in [1.54, 1.807) is 0 Å². The van der Waals surface area contributed by atoms with E-state index in [1.807, 2.05) is 6.20 Å². The maximum absolute atomic E-state index is 13.2. The molecular weight excluding hydrogens is 312 g/mol. The monoisotopic (exact) mass is 340 g/mol. The first-order valence-electron chi connectivity index (χ1n) is 10.0. The summed E-state index contributed by atoms with van der Waals surface area (Å²) in [4.78, 5) is 22.4. The lowest BCUT2D eigenvalue weighted by Crippen LogP contribution is -2.44. The number of rotatable bonds is 4. The van der Waals surface area contributed by atoms with Crippen molar-refractivity contribution in [1.29, 1.82) is 0 Å². The van der Waals surface area contributed by atoms with Crippen LogP contribution in [0.2, 0.25) is 0 Å². The van der Waals surface area contributed by atoms with E-state index < -0.39 is 0 Å². The van der Waals surface area contributed by atoms with Gasteiger partial charge in [0.25, 0.3) is 0 Å². The first-order valence-corrected chi connectivity index (χ1v) is 10.0. The molecule has 1 aromatic heterocycles. The SMILES string of the molecule is O=C1N(CC2CC2)[C@@H](c2ccc(N3CCCC3)nc2)NC12CCCC2. The molecule has 2 saturated heterocycles. The van der Waals surface area contributed by atoms with Gasteiger partial charge in [-0.25, -0.2) is 4.98 Å². The summed E-state index contributed by atoms with van der Waals surface area (Å²) in [7, 11) is 0. The smallest absolute Gasteiger partial charge is 0.244 e. The normalized spacial score (nSPS) is 28.5. The predicted molar refractivity (Wildman–Crippen MR) is 97.2 cm³/mol. The summed E-state index contributed by atoms with van der Waals surface area (Å²) >= 11 is 0. The van der Waals surface area contributed by atoms with Crippen molar-refractivity contribution in [2.75, 3.05) is 24.5 Å². The fourth-order valence-electron chi connectivity index (χ4n) is 4.85. The van der Waals surface area contributed by atoms with E-state index in [1.165, 1.54) is 25.7 Å². The summed E-state index contributed by atoms with van der Waals surface area (Å²) in [6.07, 6.45) is 11.4. The minimum atomic E-state index is -0.298. The Morgan fingerprint density at radius 3 is 2.52 bits per heavy atom. The van der Waals surface area contributed by atoms with Crippen molar-refractivity contribution in [2.24, 2.45) is 5.92 Å². The molecule has 134 valence electrons. The topological polar surface area (TPSA) is 48.5 Å². The molecule has 4 aliphatic rings. The van der Waals surface area contributed by atoms with Gasteiger partial charge in [0.2, 0.25) is 5.91 Å². The molecule has 1 spiro atoms. The molecule has 4 fully saturated rings. The number of anilines is 1. The van der Waals surface area contributed by atoms with Crippen LogP contribution in [-0.2, 0) is 4.79 Å². The highest BCUT2D eigenvalue weighted by molar-refractivity contribution is 5.89. The van der Waals surface area contributed by atoms with Gasteiger partial charge in [-0.15, -0.1) is 0 Å². The lowest BCUT2D eigenvalue weighted by molar-refractivity contribution is -0.133. The lowest BCUT2D eigenvalue weighted by atomic mass is 9.98. The Balaban J connectivity index is 1.40. The number of hydrogen-bond donors (Lipinski definition) is 1. The van der Waals surface area contributed by atoms with Crippen molar-refractivity contribution in [3.05, 3.63) is 23.9 Å². The van der Waals surface area contributed by atoms with Crippen LogP contribution in [0.1, 0.15) is 63.1 Å². The fourth-order valence-corrected chi connectivity index (χ4v) is 4.85. The molecule has 0 bridgehead atoms. The third-order valence-corrected chi connectivity index (χ3v) is 6.52. The number of aromatic nitrogens is 1. The van der Waals surface area contributed by atoms with Gasteiger partial charge >= 0.3 is 0 Å². The fraction of sp³-hybridized carbons (Fsp3) is 0.700. The Bertz CT molecular complexity index is 642. The van der Waals surface area contributed by atoms with Crippen molar-refractivity contribution < 1.29 is 4.79 Å². The van der Waals surface area contributed by atoms with Crippen molar-refractivity contribution >= 4 is 11.7 Å². The summed E-state index contributed by atoms with van der Waals surface area (Å²) in [5.74, 6) is 2.13. The first-order chi connectivity index (χ1) is 12.3. The van der Waals surface area contributed by atoms with Gasteiger partial charge in [0, 0.05) is 31.4 Å². The molecule has 2 aliphatic heterocycles. The highest BCUT2D eigenvalue weighted by Crippen LogP contribution is 2.43. The van der Waals surface area contributed by atoms with Gasteiger partial charge in [0.1, 0.15) is 12.0 Å². The molecule has 0 radical (unpaired) electrons. The highest BCUT2D eigenvalue weighted by Gasteiger charge is 2.53. The Labute approximate surface area is 149 Å². The van der Waals surface area contributed by atoms with Crippen LogP contribution < -0.4 is 10.2 Å². The number of amides is 1. The second-order valence-corrected chi connectivity index (χ2v) is 8.38. The second-order valence-electron chi connectivity index (χ2n) is 8.38. The molecule has 1 N–H and O–H groups in total. The lowest BCUT2D eigenvalue weighted by Gasteiger charge is -2.25. The van der Waals surface area contributed by atoms with Crippen molar-refractivity contribution in [1.82, 2.24) is 15.2 Å². The quantitative estimate of drug-likeness (QED) is 0.916. The van der Waals surface area contributed by atoms with E-state index in [9.17, 15) is 4.79 Å². The Kier molecular flexibility index (Phi) is 3.73. The van der Waals surface area contributed by atoms with E-state index in [-0.39, 0.29) is 11.7 Å². The minimum absolute atomic E-state index is 0.00586. The summed E-state index contributed by atoms with van der Waals surface area (Å²) in [6, 6.07) is 4.32. The van der Waals surface area contributed by atoms with Crippen LogP contribution in [0.3, 0.4) is 0 Å². The molecule has 2 saturated carbocycles. The summed E-state index contributed by atoms with van der Waals surface area (Å²) < 4.78 is 0. The molecule has 1 amide bonds. The van der Waals surface area contributed by atoms with Crippen LogP contribution in [0.25, 0.3) is 0 Å². The highest BCUT2D eigenvalue weighted by atomic mass is 16.2. The van der Waals surface area contributed by atoms with E-state index in [2.05, 4.69) is 27.2 Å². The van der Waals surface area contributed by atoms with E-state index >= 15 is 0 Å². The molecule has 5 rings (SSSR count). The van der Waals surface area contributed by atoms with Crippen LogP contribution in [0.5, 0.6) is 0 Å². The largest absolute Gasteiger partial charge is 0.357 e. The van der Waals surface area contributed by atoms with E-state index in [0.717, 1.165) is 56.7 Å². The summed E-state index contributed by atoms with van der Waals surface area (Å²) in [6.45, 7) is 3.14. The van der Waals surface area contributed by atoms with Crippen LogP contribution in [0.15, 0.2) is 18.3 Å². The molecule has 5 nitrogen and oxygen atoms in total. The Morgan fingerprint density at radius 1 is 1.12 bits per heavy atom. The standard InChI is InChI=1S/C20H28N4O/c25-19-20(9-1-2-10-20)22-18(24(19)14-15-5-6-15)16-7-8-17(21-13-16)23-11-3-4-12-23/h7-8,13,15,18,22H,1-6,9-12,14H2/t18-/m0/s1. The number of nitrogens with zero attached hydrogens (tertiary/aromatic N) is 3. The molecule has 25 heavy (non-hydrogen) atoms. The number of hydrogen-bond acceptors (Lipinski definition) is 4. The van der Waals surface area contributed by atoms with Crippen LogP contribution in [-0.4, -0.2) is 41.0 Å². The van der Waals surface area contributed by atoms with E-state index in [4.69, 9.17) is 4.98 Å². The van der Waals surface area contributed by atoms with Gasteiger partial charge in [-0.2, -0.15) is 0 Å². The molecule has 3 heterocycles. The minimum Gasteiger partial charge on any atom is -0.357 e. The van der Waals surface area contributed by atoms with Crippen molar-refractivity contribution in [2.45, 2.75) is 63.1 Å². The maximum atomic E-state index is 13.2. The van der Waals surface area contributed by atoms with Crippen LogP contribution in [0, 0.1) is 5.92 Å². The zero-order chi connectivity index (χ0) is 16.9. The molecule has 0 unspecified atom stereocenters. The van der Waals surface area contributed by atoms with E-state index in [0.29, 0.717) is 11.8 Å². The zero-order valence-corrected chi connectivity index (χ0v) is 14.9.